The van der Waals surface area contributed by atoms with Gasteiger partial charge in [0.25, 0.3) is 5.91 Å². The average molecular weight is 340 g/mol. The maximum Gasteiger partial charge on any atom is 0.277 e. The van der Waals surface area contributed by atoms with Crippen molar-refractivity contribution in [1.82, 2.24) is 5.43 Å². The van der Waals surface area contributed by atoms with E-state index in [2.05, 4.69) is 24.4 Å². The van der Waals surface area contributed by atoms with E-state index in [1.54, 1.807) is 19.1 Å². The number of phenols is 1. The molecule has 5 heteroatoms. The van der Waals surface area contributed by atoms with Crippen LogP contribution >= 0.6 is 0 Å². The third kappa shape index (κ3) is 5.35. The van der Waals surface area contributed by atoms with Crippen molar-refractivity contribution in [3.8, 4) is 11.5 Å². The number of aryl methyl sites for hydroxylation is 1. The van der Waals surface area contributed by atoms with Gasteiger partial charge in [0.2, 0.25) is 0 Å². The van der Waals surface area contributed by atoms with Gasteiger partial charge in [-0.15, -0.1) is 0 Å². The van der Waals surface area contributed by atoms with E-state index >= 15 is 0 Å². The number of carbonyl (C=O) groups is 1. The van der Waals surface area contributed by atoms with Crippen LogP contribution in [-0.4, -0.2) is 23.8 Å². The Morgan fingerprint density at radius 3 is 2.68 bits per heavy atom. The van der Waals surface area contributed by atoms with Crippen molar-refractivity contribution >= 4 is 12.1 Å². The summed E-state index contributed by atoms with van der Waals surface area (Å²) in [7, 11) is 0. The largest absolute Gasteiger partial charge is 0.507 e. The second-order valence-corrected chi connectivity index (χ2v) is 5.97. The number of carbonyl (C=O) groups excluding carboxylic acids is 1. The molecular formula is C20H24N2O3. The minimum absolute atomic E-state index is 0.125. The molecule has 2 aromatic rings. The molecule has 132 valence electrons. The standard InChI is InChI=1S/C20H24N2O3/c1-4-14(2)16-8-10-18(11-9-16)25-13-19(23)22-21-12-17-7-5-6-15(3)20(17)24/h5-12,14,24H,4,13H2,1-3H3,(H,22,23)/b21-12+/t14-/m0/s1. The first-order valence-electron chi connectivity index (χ1n) is 8.34. The number of hydrazone groups is 1. The Kier molecular flexibility index (Phi) is 6.57. The summed E-state index contributed by atoms with van der Waals surface area (Å²) in [6.07, 6.45) is 2.48. The quantitative estimate of drug-likeness (QED) is 0.596. The van der Waals surface area contributed by atoms with Crippen LogP contribution in [0.1, 0.15) is 42.9 Å². The highest BCUT2D eigenvalue weighted by Crippen LogP contribution is 2.21. The van der Waals surface area contributed by atoms with Crippen LogP contribution in [0, 0.1) is 6.92 Å². The lowest BCUT2D eigenvalue weighted by Crippen LogP contribution is -2.24. The Hall–Kier alpha value is -2.82. The minimum atomic E-state index is -0.366. The molecule has 0 fully saturated rings. The van der Waals surface area contributed by atoms with Crippen molar-refractivity contribution in [1.29, 1.82) is 0 Å². The van der Waals surface area contributed by atoms with Gasteiger partial charge in [0.1, 0.15) is 11.5 Å². The van der Waals surface area contributed by atoms with Crippen molar-refractivity contribution in [2.45, 2.75) is 33.1 Å². The lowest BCUT2D eigenvalue weighted by Gasteiger charge is -2.10. The van der Waals surface area contributed by atoms with Gasteiger partial charge < -0.3 is 9.84 Å². The monoisotopic (exact) mass is 340 g/mol. The van der Waals surface area contributed by atoms with Gasteiger partial charge in [-0.05, 0) is 48.6 Å². The van der Waals surface area contributed by atoms with Crippen LogP contribution in [0.4, 0.5) is 0 Å². The van der Waals surface area contributed by atoms with Crippen molar-refractivity contribution in [2.24, 2.45) is 5.10 Å². The normalized spacial score (nSPS) is 12.1. The third-order valence-corrected chi connectivity index (χ3v) is 4.09. The van der Waals surface area contributed by atoms with Gasteiger partial charge in [-0.1, -0.05) is 38.1 Å². The molecule has 1 amide bonds. The van der Waals surface area contributed by atoms with Crippen LogP contribution in [0.25, 0.3) is 0 Å². The van der Waals surface area contributed by atoms with Crippen LogP contribution in [0.3, 0.4) is 0 Å². The summed E-state index contributed by atoms with van der Waals surface area (Å²) in [5.41, 5.74) is 4.93. The molecule has 0 spiro atoms. The van der Waals surface area contributed by atoms with Gasteiger partial charge in [-0.3, -0.25) is 4.79 Å². The van der Waals surface area contributed by atoms with E-state index in [0.717, 1.165) is 12.0 Å². The molecule has 0 heterocycles. The maximum absolute atomic E-state index is 11.8. The van der Waals surface area contributed by atoms with E-state index in [4.69, 9.17) is 4.74 Å². The molecule has 0 bridgehead atoms. The molecular weight excluding hydrogens is 316 g/mol. The topological polar surface area (TPSA) is 70.9 Å². The Balaban J connectivity index is 1.82. The highest BCUT2D eigenvalue weighted by molar-refractivity contribution is 5.85. The first-order chi connectivity index (χ1) is 12.0. The SMILES string of the molecule is CC[C@H](C)c1ccc(OCC(=O)N/N=C/c2cccc(C)c2O)cc1. The molecule has 0 saturated heterocycles. The fourth-order valence-electron chi connectivity index (χ4n) is 2.27. The number of nitrogens with one attached hydrogen (secondary N) is 1. The van der Waals surface area contributed by atoms with Crippen molar-refractivity contribution < 1.29 is 14.6 Å². The highest BCUT2D eigenvalue weighted by atomic mass is 16.5. The molecule has 0 aromatic heterocycles. The zero-order valence-electron chi connectivity index (χ0n) is 14.8. The fourth-order valence-corrected chi connectivity index (χ4v) is 2.27. The Morgan fingerprint density at radius 2 is 2.00 bits per heavy atom. The second-order valence-electron chi connectivity index (χ2n) is 5.97. The summed E-state index contributed by atoms with van der Waals surface area (Å²) < 4.78 is 5.45. The number of nitrogens with zero attached hydrogens (tertiary/aromatic N) is 1. The van der Waals surface area contributed by atoms with Crippen LogP contribution in [0.5, 0.6) is 11.5 Å². The number of phenolic OH excluding ortho intramolecular Hbond substituents is 1. The fraction of sp³-hybridized carbons (Fsp3) is 0.300. The van der Waals surface area contributed by atoms with Gasteiger partial charge in [0.05, 0.1) is 6.21 Å². The second kappa shape index (κ2) is 8.87. The predicted octanol–water partition coefficient (Wildman–Crippen LogP) is 3.74. The number of hydrogen-bond donors (Lipinski definition) is 2. The molecule has 0 saturated carbocycles. The van der Waals surface area contributed by atoms with Crippen LogP contribution in [0.2, 0.25) is 0 Å². The highest BCUT2D eigenvalue weighted by Gasteiger charge is 2.05. The summed E-state index contributed by atoms with van der Waals surface area (Å²) >= 11 is 0. The van der Waals surface area contributed by atoms with E-state index < -0.39 is 0 Å². The molecule has 2 aromatic carbocycles. The van der Waals surface area contributed by atoms with Gasteiger partial charge >= 0.3 is 0 Å². The van der Waals surface area contributed by atoms with Gasteiger partial charge in [-0.25, -0.2) is 5.43 Å². The van der Waals surface area contributed by atoms with E-state index in [0.29, 0.717) is 17.2 Å². The number of hydrogen-bond acceptors (Lipinski definition) is 4. The van der Waals surface area contributed by atoms with Crippen molar-refractivity contribution in [3.63, 3.8) is 0 Å². The van der Waals surface area contributed by atoms with E-state index in [1.165, 1.54) is 11.8 Å². The molecule has 5 nitrogen and oxygen atoms in total. The van der Waals surface area contributed by atoms with Crippen LogP contribution in [-0.2, 0) is 4.79 Å². The molecule has 0 aliphatic heterocycles. The first kappa shape index (κ1) is 18.5. The summed E-state index contributed by atoms with van der Waals surface area (Å²) in [5, 5.41) is 13.7. The number of para-hydroxylation sites is 1. The van der Waals surface area contributed by atoms with Crippen molar-refractivity contribution in [3.05, 3.63) is 59.2 Å². The summed E-state index contributed by atoms with van der Waals surface area (Å²) in [6.45, 7) is 6.00. The molecule has 0 radical (unpaired) electrons. The van der Waals surface area contributed by atoms with Gasteiger partial charge in [0.15, 0.2) is 6.61 Å². The number of aromatic hydroxyl groups is 1. The van der Waals surface area contributed by atoms with Gasteiger partial charge in [0, 0.05) is 5.56 Å². The Morgan fingerprint density at radius 1 is 1.28 bits per heavy atom. The Labute approximate surface area is 148 Å². The molecule has 1 atom stereocenters. The van der Waals surface area contributed by atoms with E-state index in [-0.39, 0.29) is 18.3 Å². The zero-order valence-corrected chi connectivity index (χ0v) is 14.8. The van der Waals surface area contributed by atoms with Crippen LogP contribution in [0.15, 0.2) is 47.6 Å². The lowest BCUT2D eigenvalue weighted by molar-refractivity contribution is -0.123. The molecule has 0 unspecified atom stereocenters. The first-order valence-corrected chi connectivity index (χ1v) is 8.34. The number of benzene rings is 2. The molecule has 2 rings (SSSR count). The van der Waals surface area contributed by atoms with E-state index in [9.17, 15) is 9.90 Å². The van der Waals surface area contributed by atoms with Crippen molar-refractivity contribution in [2.75, 3.05) is 6.61 Å². The summed E-state index contributed by atoms with van der Waals surface area (Å²) in [5.74, 6) is 0.930. The summed E-state index contributed by atoms with van der Waals surface area (Å²) in [6, 6.07) is 13.1. The molecule has 0 aliphatic rings. The van der Waals surface area contributed by atoms with E-state index in [1.807, 2.05) is 30.3 Å². The molecule has 2 N–H and O–H groups in total. The van der Waals surface area contributed by atoms with Crippen LogP contribution < -0.4 is 10.2 Å². The maximum atomic E-state index is 11.8. The number of rotatable bonds is 7. The summed E-state index contributed by atoms with van der Waals surface area (Å²) in [4.78, 5) is 11.8. The Bertz CT molecular complexity index is 739. The minimum Gasteiger partial charge on any atom is -0.507 e. The molecule has 0 aliphatic carbocycles. The third-order valence-electron chi connectivity index (χ3n) is 4.09. The van der Waals surface area contributed by atoms with Gasteiger partial charge in [-0.2, -0.15) is 5.10 Å². The molecule has 25 heavy (non-hydrogen) atoms. The number of ether oxygens (including phenoxy) is 1. The number of amides is 1. The lowest BCUT2D eigenvalue weighted by atomic mass is 9.99. The average Bonchev–Trinajstić information content (AvgIpc) is 2.63. The zero-order chi connectivity index (χ0) is 18.2. The smallest absolute Gasteiger partial charge is 0.277 e. The predicted molar refractivity (Wildman–Crippen MR) is 99.2 cm³/mol.